The molecule has 0 bridgehead atoms. The van der Waals surface area contributed by atoms with Gasteiger partial charge in [-0.1, -0.05) is 30.3 Å². The zero-order valence-corrected chi connectivity index (χ0v) is 11.9. The van der Waals surface area contributed by atoms with Crippen LogP contribution in [0.3, 0.4) is 0 Å². The maximum absolute atomic E-state index is 9.76. The van der Waals surface area contributed by atoms with Crippen molar-refractivity contribution in [2.45, 2.75) is 11.8 Å². The summed E-state index contributed by atoms with van der Waals surface area (Å²) in [6.07, 6.45) is 0. The van der Waals surface area contributed by atoms with Gasteiger partial charge in [-0.15, -0.1) is 0 Å². The molecule has 0 radical (unpaired) electrons. The minimum Gasteiger partial charge on any atom is -0.691 e. The van der Waals surface area contributed by atoms with Crippen LogP contribution >= 0.6 is 12.0 Å². The zero-order chi connectivity index (χ0) is 10.7. The first kappa shape index (κ1) is 14.0. The van der Waals surface area contributed by atoms with Crippen LogP contribution in [0.25, 0.3) is 10.8 Å². The molecule has 5 heteroatoms. The van der Waals surface area contributed by atoms with Crippen LogP contribution in [-0.2, 0) is 9.37 Å². The van der Waals surface area contributed by atoms with E-state index in [4.69, 9.17) is 0 Å². The van der Waals surface area contributed by atoms with Gasteiger partial charge in [-0.05, 0) is 29.3 Å². The van der Waals surface area contributed by atoms with Crippen LogP contribution in [-0.4, -0.2) is 0 Å². The SMILES string of the molecule is Cc1ccc(SOO[O-])c2ccccc12.[Na+]. The molecular formula is C11H9NaO3S. The maximum Gasteiger partial charge on any atom is 1.00 e. The van der Waals surface area contributed by atoms with Crippen molar-refractivity contribution in [1.29, 1.82) is 0 Å². The van der Waals surface area contributed by atoms with Crippen LogP contribution in [0, 0.1) is 6.92 Å². The predicted octanol–water partition coefficient (Wildman–Crippen LogP) is -0.617. The molecule has 0 fully saturated rings. The molecule has 0 unspecified atom stereocenters. The fraction of sp³-hybridized carbons (Fsp3) is 0.0909. The second kappa shape index (κ2) is 6.61. The van der Waals surface area contributed by atoms with Gasteiger partial charge in [0.05, 0.1) is 12.0 Å². The summed E-state index contributed by atoms with van der Waals surface area (Å²) in [7, 11) is 0. The molecule has 0 amide bonds. The molecule has 2 aromatic rings. The Hall–Kier alpha value is -0.0700. The van der Waals surface area contributed by atoms with Crippen LogP contribution < -0.4 is 34.8 Å². The van der Waals surface area contributed by atoms with E-state index in [2.05, 4.69) is 9.37 Å². The first-order chi connectivity index (χ1) is 7.33. The van der Waals surface area contributed by atoms with E-state index in [9.17, 15) is 5.26 Å². The van der Waals surface area contributed by atoms with Crippen LogP contribution in [0.1, 0.15) is 5.56 Å². The number of benzene rings is 2. The summed E-state index contributed by atoms with van der Waals surface area (Å²) in [5, 5.41) is 15.3. The molecule has 16 heavy (non-hydrogen) atoms. The fourth-order valence-corrected chi connectivity index (χ4v) is 2.04. The normalized spacial score (nSPS) is 10.1. The standard InChI is InChI=1S/C11H10O3S.Na/c1-8-6-7-11(15-14-13-12)10-5-3-2-4-9(8)10;/h2-7,12H,1H3;/q;+1/p-1. The van der Waals surface area contributed by atoms with Crippen molar-refractivity contribution < 1.29 is 44.2 Å². The second-order valence-electron chi connectivity index (χ2n) is 3.15. The Kier molecular flexibility index (Phi) is 5.78. The molecule has 0 N–H and O–H groups in total. The summed E-state index contributed by atoms with van der Waals surface area (Å²) in [6, 6.07) is 11.8. The molecule has 0 spiro atoms. The fourth-order valence-electron chi connectivity index (χ4n) is 1.55. The van der Waals surface area contributed by atoms with E-state index in [-0.39, 0.29) is 29.6 Å². The van der Waals surface area contributed by atoms with Crippen molar-refractivity contribution in [2.75, 3.05) is 0 Å². The van der Waals surface area contributed by atoms with Gasteiger partial charge in [0.15, 0.2) is 0 Å². The van der Waals surface area contributed by atoms with E-state index in [0.717, 1.165) is 27.7 Å². The number of rotatable bonds is 3. The smallest absolute Gasteiger partial charge is 0.691 e. The summed E-state index contributed by atoms with van der Waals surface area (Å²) in [4.78, 5) is 0.868. The summed E-state index contributed by atoms with van der Waals surface area (Å²) < 4.78 is 4.33. The molecule has 0 saturated carbocycles. The van der Waals surface area contributed by atoms with Crippen molar-refractivity contribution in [3.05, 3.63) is 42.0 Å². The van der Waals surface area contributed by atoms with Crippen molar-refractivity contribution in [2.24, 2.45) is 0 Å². The minimum atomic E-state index is 0. The number of aryl methyl sites for hydroxylation is 1. The topological polar surface area (TPSA) is 41.5 Å². The third kappa shape index (κ3) is 2.99. The first-order valence-corrected chi connectivity index (χ1v) is 5.18. The predicted molar refractivity (Wildman–Crippen MR) is 56.7 cm³/mol. The monoisotopic (exact) mass is 244 g/mol. The Morgan fingerprint density at radius 3 is 2.44 bits per heavy atom. The maximum atomic E-state index is 9.76. The molecule has 0 aliphatic rings. The van der Waals surface area contributed by atoms with Crippen LogP contribution in [0.15, 0.2) is 41.3 Å². The molecule has 2 aromatic carbocycles. The van der Waals surface area contributed by atoms with Crippen LogP contribution in [0.4, 0.5) is 0 Å². The molecule has 78 valence electrons. The van der Waals surface area contributed by atoms with E-state index in [1.54, 1.807) is 0 Å². The van der Waals surface area contributed by atoms with Gasteiger partial charge < -0.3 is 5.26 Å². The Morgan fingerprint density at radius 2 is 1.75 bits per heavy atom. The van der Waals surface area contributed by atoms with E-state index in [0.29, 0.717) is 0 Å². The average molecular weight is 244 g/mol. The molecule has 0 saturated heterocycles. The number of hydrogen-bond acceptors (Lipinski definition) is 4. The van der Waals surface area contributed by atoms with E-state index < -0.39 is 0 Å². The first-order valence-electron chi connectivity index (χ1n) is 4.44. The Balaban J connectivity index is 0.00000128. The molecule has 3 nitrogen and oxygen atoms in total. The molecule has 0 aliphatic carbocycles. The molecule has 0 heterocycles. The molecule has 0 atom stereocenters. The van der Waals surface area contributed by atoms with Crippen molar-refractivity contribution in [3.63, 3.8) is 0 Å². The van der Waals surface area contributed by atoms with Crippen molar-refractivity contribution >= 4 is 22.8 Å². The second-order valence-corrected chi connectivity index (χ2v) is 3.89. The van der Waals surface area contributed by atoms with E-state index in [1.165, 1.54) is 5.56 Å². The third-order valence-electron chi connectivity index (χ3n) is 2.25. The summed E-state index contributed by atoms with van der Waals surface area (Å²) in [5.41, 5.74) is 1.19. The largest absolute Gasteiger partial charge is 1.00 e. The Bertz CT molecular complexity index is 476. The number of fused-ring (bicyclic) bond motifs is 1. The average Bonchev–Trinajstić information content (AvgIpc) is 2.29. The summed E-state index contributed by atoms with van der Waals surface area (Å²) >= 11 is 0.924. The van der Waals surface area contributed by atoms with Gasteiger partial charge in [-0.25, -0.2) is 0 Å². The molecule has 0 aliphatic heterocycles. The van der Waals surface area contributed by atoms with Crippen molar-refractivity contribution in [1.82, 2.24) is 0 Å². The summed E-state index contributed by atoms with van der Waals surface area (Å²) in [5.74, 6) is 0. The van der Waals surface area contributed by atoms with Gasteiger partial charge in [0.1, 0.15) is 0 Å². The van der Waals surface area contributed by atoms with Gasteiger partial charge in [-0.2, -0.15) is 4.33 Å². The van der Waals surface area contributed by atoms with Gasteiger partial charge in [0, 0.05) is 4.90 Å². The van der Waals surface area contributed by atoms with Gasteiger partial charge >= 0.3 is 29.6 Å². The van der Waals surface area contributed by atoms with Gasteiger partial charge in [0.2, 0.25) is 0 Å². The molecule has 2 rings (SSSR count). The van der Waals surface area contributed by atoms with Crippen LogP contribution in [0.2, 0.25) is 0 Å². The van der Waals surface area contributed by atoms with Crippen molar-refractivity contribution in [3.8, 4) is 0 Å². The molecular weight excluding hydrogens is 235 g/mol. The van der Waals surface area contributed by atoms with Gasteiger partial charge in [-0.3, -0.25) is 5.04 Å². The molecule has 0 aromatic heterocycles. The van der Waals surface area contributed by atoms with E-state index >= 15 is 0 Å². The minimum absolute atomic E-state index is 0. The van der Waals surface area contributed by atoms with Crippen LogP contribution in [0.5, 0.6) is 0 Å². The third-order valence-corrected chi connectivity index (χ3v) is 2.91. The Morgan fingerprint density at radius 1 is 1.06 bits per heavy atom. The van der Waals surface area contributed by atoms with E-state index in [1.807, 2.05) is 43.3 Å². The summed E-state index contributed by atoms with van der Waals surface area (Å²) in [6.45, 7) is 2.04. The quantitative estimate of drug-likeness (QED) is 0.312. The zero-order valence-electron chi connectivity index (χ0n) is 9.10. The Labute approximate surface area is 120 Å². The number of hydrogen-bond donors (Lipinski definition) is 0. The van der Waals surface area contributed by atoms with Gasteiger partial charge in [0.25, 0.3) is 0 Å².